The summed E-state index contributed by atoms with van der Waals surface area (Å²) in [7, 11) is 0. The average molecular weight is 253 g/mol. The number of rotatable bonds is 3. The minimum Gasteiger partial charge on any atom is -0.371 e. The van der Waals surface area contributed by atoms with Crippen LogP contribution in [0.3, 0.4) is 0 Å². The normalized spacial score (nSPS) is 15.1. The highest BCUT2D eigenvalue weighted by molar-refractivity contribution is 6.34. The first-order valence-electron chi connectivity index (χ1n) is 6.05. The molecule has 1 saturated heterocycles. The van der Waals surface area contributed by atoms with Gasteiger partial charge in [-0.05, 0) is 31.0 Å². The van der Waals surface area contributed by atoms with E-state index >= 15 is 0 Å². The molecule has 0 saturated carbocycles. The van der Waals surface area contributed by atoms with Crippen molar-refractivity contribution in [2.75, 3.05) is 23.3 Å². The van der Waals surface area contributed by atoms with Crippen LogP contribution in [0.25, 0.3) is 0 Å². The SMILES string of the molecule is CCC(=O)Nc1ccc(N2CCCC2)cc1Cl. The standard InChI is InChI=1S/C13H17ClN2O/c1-2-13(17)15-12-6-5-10(9-11(12)14)16-7-3-4-8-16/h5-6,9H,2-4,7-8H2,1H3,(H,15,17). The summed E-state index contributed by atoms with van der Waals surface area (Å²) in [6.45, 7) is 4.01. The molecule has 0 spiro atoms. The number of benzene rings is 1. The fourth-order valence-electron chi connectivity index (χ4n) is 2.02. The lowest BCUT2D eigenvalue weighted by molar-refractivity contribution is -0.115. The van der Waals surface area contributed by atoms with E-state index in [0.29, 0.717) is 17.1 Å². The molecule has 0 bridgehead atoms. The van der Waals surface area contributed by atoms with E-state index in [4.69, 9.17) is 11.6 Å². The van der Waals surface area contributed by atoms with Gasteiger partial charge in [0.15, 0.2) is 0 Å². The summed E-state index contributed by atoms with van der Waals surface area (Å²) in [5.74, 6) is -0.0131. The minimum atomic E-state index is -0.0131. The van der Waals surface area contributed by atoms with Gasteiger partial charge in [0.25, 0.3) is 0 Å². The maximum atomic E-state index is 11.3. The number of carbonyl (C=O) groups excluding carboxylic acids is 1. The molecule has 3 nitrogen and oxygen atoms in total. The van der Waals surface area contributed by atoms with E-state index in [0.717, 1.165) is 18.8 Å². The van der Waals surface area contributed by atoms with Crippen LogP contribution in [0.2, 0.25) is 5.02 Å². The monoisotopic (exact) mass is 252 g/mol. The molecule has 2 rings (SSSR count). The third kappa shape index (κ3) is 2.91. The van der Waals surface area contributed by atoms with Gasteiger partial charge in [-0.25, -0.2) is 0 Å². The average Bonchev–Trinajstić information content (AvgIpc) is 2.85. The number of hydrogen-bond donors (Lipinski definition) is 1. The van der Waals surface area contributed by atoms with Crippen molar-refractivity contribution in [3.8, 4) is 0 Å². The van der Waals surface area contributed by atoms with Crippen molar-refractivity contribution in [3.63, 3.8) is 0 Å². The second kappa shape index (κ2) is 5.41. The lowest BCUT2D eigenvalue weighted by atomic mass is 10.2. The molecule has 1 aliphatic heterocycles. The van der Waals surface area contributed by atoms with Crippen LogP contribution in [-0.2, 0) is 4.79 Å². The summed E-state index contributed by atoms with van der Waals surface area (Å²) in [5, 5.41) is 3.40. The summed E-state index contributed by atoms with van der Waals surface area (Å²) in [5.41, 5.74) is 1.84. The third-order valence-electron chi connectivity index (χ3n) is 3.02. The number of amides is 1. The molecule has 1 heterocycles. The van der Waals surface area contributed by atoms with Crippen molar-refractivity contribution in [3.05, 3.63) is 23.2 Å². The van der Waals surface area contributed by atoms with Gasteiger partial charge >= 0.3 is 0 Å². The van der Waals surface area contributed by atoms with Gasteiger partial charge in [0, 0.05) is 25.2 Å². The van der Waals surface area contributed by atoms with Crippen LogP contribution in [0.1, 0.15) is 26.2 Å². The van der Waals surface area contributed by atoms with E-state index in [1.54, 1.807) is 0 Å². The van der Waals surface area contributed by atoms with Crippen molar-refractivity contribution in [2.24, 2.45) is 0 Å². The van der Waals surface area contributed by atoms with Gasteiger partial charge in [0.1, 0.15) is 0 Å². The zero-order valence-electron chi connectivity index (χ0n) is 10.0. The van der Waals surface area contributed by atoms with Crippen LogP contribution in [0.4, 0.5) is 11.4 Å². The number of anilines is 2. The Morgan fingerprint density at radius 1 is 1.41 bits per heavy atom. The molecular formula is C13H17ClN2O. The zero-order valence-corrected chi connectivity index (χ0v) is 10.8. The van der Waals surface area contributed by atoms with Gasteiger partial charge in [-0.2, -0.15) is 0 Å². The smallest absolute Gasteiger partial charge is 0.224 e. The molecule has 0 unspecified atom stereocenters. The topological polar surface area (TPSA) is 32.3 Å². The van der Waals surface area contributed by atoms with Gasteiger partial charge in [0.05, 0.1) is 10.7 Å². The molecule has 1 N–H and O–H groups in total. The predicted molar refractivity (Wildman–Crippen MR) is 71.8 cm³/mol. The van der Waals surface area contributed by atoms with Gasteiger partial charge < -0.3 is 10.2 Å². The van der Waals surface area contributed by atoms with E-state index in [9.17, 15) is 4.79 Å². The number of hydrogen-bond acceptors (Lipinski definition) is 2. The van der Waals surface area contributed by atoms with Gasteiger partial charge in [0.2, 0.25) is 5.91 Å². The Morgan fingerprint density at radius 3 is 2.71 bits per heavy atom. The highest BCUT2D eigenvalue weighted by atomic mass is 35.5. The van der Waals surface area contributed by atoms with Crippen molar-refractivity contribution in [2.45, 2.75) is 26.2 Å². The number of nitrogens with one attached hydrogen (secondary N) is 1. The van der Waals surface area contributed by atoms with E-state index in [1.807, 2.05) is 25.1 Å². The van der Waals surface area contributed by atoms with E-state index < -0.39 is 0 Å². The first kappa shape index (κ1) is 12.2. The maximum absolute atomic E-state index is 11.3. The quantitative estimate of drug-likeness (QED) is 0.895. The third-order valence-corrected chi connectivity index (χ3v) is 3.33. The fraction of sp³-hybridized carbons (Fsp3) is 0.462. The molecule has 1 fully saturated rings. The molecule has 1 aromatic rings. The molecule has 0 radical (unpaired) electrons. The van der Waals surface area contributed by atoms with Gasteiger partial charge in [-0.3, -0.25) is 4.79 Å². The summed E-state index contributed by atoms with van der Waals surface area (Å²) in [6, 6.07) is 5.82. The lowest BCUT2D eigenvalue weighted by Gasteiger charge is -2.18. The molecule has 0 atom stereocenters. The second-order valence-electron chi connectivity index (χ2n) is 4.26. The van der Waals surface area contributed by atoms with Crippen molar-refractivity contribution in [1.82, 2.24) is 0 Å². The van der Waals surface area contributed by atoms with Crippen LogP contribution >= 0.6 is 11.6 Å². The Balaban J connectivity index is 2.13. The van der Waals surface area contributed by atoms with Crippen LogP contribution < -0.4 is 10.2 Å². The molecule has 1 aliphatic rings. The Hall–Kier alpha value is -1.22. The fourth-order valence-corrected chi connectivity index (χ4v) is 2.24. The molecular weight excluding hydrogens is 236 g/mol. The summed E-state index contributed by atoms with van der Waals surface area (Å²) in [6.07, 6.45) is 2.95. The van der Waals surface area contributed by atoms with Gasteiger partial charge in [-0.1, -0.05) is 18.5 Å². The molecule has 1 aromatic carbocycles. The maximum Gasteiger partial charge on any atom is 0.224 e. The van der Waals surface area contributed by atoms with E-state index in [1.165, 1.54) is 12.8 Å². The molecule has 0 aromatic heterocycles. The zero-order chi connectivity index (χ0) is 12.3. The van der Waals surface area contributed by atoms with E-state index in [-0.39, 0.29) is 5.91 Å². The van der Waals surface area contributed by atoms with E-state index in [2.05, 4.69) is 10.2 Å². The van der Waals surface area contributed by atoms with Crippen LogP contribution in [0.5, 0.6) is 0 Å². The second-order valence-corrected chi connectivity index (χ2v) is 4.67. The van der Waals surface area contributed by atoms with Crippen LogP contribution in [0, 0.1) is 0 Å². The van der Waals surface area contributed by atoms with Crippen molar-refractivity contribution < 1.29 is 4.79 Å². The minimum absolute atomic E-state index is 0.0131. The molecule has 92 valence electrons. The van der Waals surface area contributed by atoms with Crippen molar-refractivity contribution in [1.29, 1.82) is 0 Å². The largest absolute Gasteiger partial charge is 0.371 e. The number of nitrogens with zero attached hydrogens (tertiary/aromatic N) is 1. The Bertz CT molecular complexity index is 414. The molecule has 0 aliphatic carbocycles. The van der Waals surface area contributed by atoms with Gasteiger partial charge in [-0.15, -0.1) is 0 Å². The number of carbonyl (C=O) groups is 1. The summed E-state index contributed by atoms with van der Waals surface area (Å²) < 4.78 is 0. The molecule has 17 heavy (non-hydrogen) atoms. The number of halogens is 1. The highest BCUT2D eigenvalue weighted by Gasteiger charge is 2.13. The Labute approximate surface area is 107 Å². The molecule has 4 heteroatoms. The summed E-state index contributed by atoms with van der Waals surface area (Å²) in [4.78, 5) is 13.6. The lowest BCUT2D eigenvalue weighted by Crippen LogP contribution is -2.17. The first-order valence-corrected chi connectivity index (χ1v) is 6.43. The van der Waals surface area contributed by atoms with Crippen LogP contribution in [0.15, 0.2) is 18.2 Å². The Kier molecular flexibility index (Phi) is 3.89. The first-order chi connectivity index (χ1) is 8.20. The predicted octanol–water partition coefficient (Wildman–Crippen LogP) is 3.29. The highest BCUT2D eigenvalue weighted by Crippen LogP contribution is 2.29. The Morgan fingerprint density at radius 2 is 2.12 bits per heavy atom. The molecule has 1 amide bonds. The van der Waals surface area contributed by atoms with Crippen LogP contribution in [-0.4, -0.2) is 19.0 Å². The summed E-state index contributed by atoms with van der Waals surface area (Å²) >= 11 is 6.17. The van der Waals surface area contributed by atoms with Crippen molar-refractivity contribution >= 4 is 28.9 Å².